The summed E-state index contributed by atoms with van der Waals surface area (Å²) in [7, 11) is 0. The molecule has 0 amide bonds. The van der Waals surface area contributed by atoms with Gasteiger partial charge in [-0.3, -0.25) is 0 Å². The summed E-state index contributed by atoms with van der Waals surface area (Å²) in [4.78, 5) is 1.37. The lowest BCUT2D eigenvalue weighted by Gasteiger charge is -2.09. The van der Waals surface area contributed by atoms with E-state index >= 15 is 0 Å². The number of aromatic nitrogens is 1. The predicted octanol–water partition coefficient (Wildman–Crippen LogP) is 5.01. The molecule has 4 heteroatoms. The predicted molar refractivity (Wildman–Crippen MR) is 95.0 cm³/mol. The number of thiophene rings is 1. The molecule has 0 aliphatic rings. The van der Waals surface area contributed by atoms with Crippen molar-refractivity contribution in [3.8, 4) is 0 Å². The van der Waals surface area contributed by atoms with E-state index in [1.807, 2.05) is 0 Å². The van der Waals surface area contributed by atoms with Gasteiger partial charge in [-0.05, 0) is 57.2 Å². The first-order valence-corrected chi connectivity index (χ1v) is 8.78. The summed E-state index contributed by atoms with van der Waals surface area (Å²) in [5.41, 5.74) is 2.64. The van der Waals surface area contributed by atoms with Gasteiger partial charge in [0.2, 0.25) is 0 Å². The molecule has 2 nitrogen and oxygen atoms in total. The van der Waals surface area contributed by atoms with Crippen molar-refractivity contribution in [1.29, 1.82) is 0 Å². The quantitative estimate of drug-likeness (QED) is 0.674. The van der Waals surface area contributed by atoms with Crippen LogP contribution in [0.3, 0.4) is 0 Å². The Morgan fingerprint density at radius 1 is 1.19 bits per heavy atom. The minimum absolute atomic E-state index is 0.516. The molecule has 0 spiro atoms. The molecule has 0 radical (unpaired) electrons. The molecule has 0 unspecified atom stereocenters. The topological polar surface area (TPSA) is 17.0 Å². The van der Waals surface area contributed by atoms with Crippen LogP contribution in [0, 0.1) is 0 Å². The van der Waals surface area contributed by atoms with Crippen molar-refractivity contribution < 1.29 is 0 Å². The molecule has 2 heterocycles. The number of nitrogens with one attached hydrogen (secondary N) is 1. The van der Waals surface area contributed by atoms with Crippen LogP contribution in [0.4, 0.5) is 0 Å². The van der Waals surface area contributed by atoms with Crippen molar-refractivity contribution in [3.63, 3.8) is 0 Å². The highest BCUT2D eigenvalue weighted by atomic mass is 79.9. The number of hydrogen-bond donors (Lipinski definition) is 1. The zero-order valence-electron chi connectivity index (χ0n) is 12.3. The van der Waals surface area contributed by atoms with E-state index in [1.54, 1.807) is 11.3 Å². The third-order valence-corrected chi connectivity index (χ3v) is 5.11. The fourth-order valence-corrected chi connectivity index (χ4v) is 3.91. The van der Waals surface area contributed by atoms with Gasteiger partial charge in [0.15, 0.2) is 0 Å². The van der Waals surface area contributed by atoms with Gasteiger partial charge in [-0.15, -0.1) is 11.3 Å². The second kappa shape index (κ2) is 6.34. The Labute approximate surface area is 137 Å². The van der Waals surface area contributed by atoms with E-state index in [-0.39, 0.29) is 0 Å². The lowest BCUT2D eigenvalue weighted by Crippen LogP contribution is -2.21. The molecule has 0 bridgehead atoms. The molecule has 0 aliphatic carbocycles. The minimum atomic E-state index is 0.516. The van der Waals surface area contributed by atoms with Crippen LogP contribution in [0.25, 0.3) is 10.9 Å². The van der Waals surface area contributed by atoms with Gasteiger partial charge in [-0.2, -0.15) is 0 Å². The molecular weight excluding hydrogens is 344 g/mol. The highest BCUT2D eigenvalue weighted by Crippen LogP contribution is 2.25. The van der Waals surface area contributed by atoms with Crippen molar-refractivity contribution in [2.45, 2.75) is 33.0 Å². The highest BCUT2D eigenvalue weighted by Gasteiger charge is 2.05. The average molecular weight is 363 g/mol. The van der Waals surface area contributed by atoms with Gasteiger partial charge in [-0.1, -0.05) is 19.9 Å². The maximum atomic E-state index is 3.53. The third kappa shape index (κ3) is 3.57. The van der Waals surface area contributed by atoms with Crippen LogP contribution >= 0.6 is 27.3 Å². The molecule has 3 rings (SSSR count). The summed E-state index contributed by atoms with van der Waals surface area (Å²) in [5.74, 6) is 0. The normalized spacial score (nSPS) is 11.6. The summed E-state index contributed by atoms with van der Waals surface area (Å²) in [6.07, 6.45) is 2.18. The lowest BCUT2D eigenvalue weighted by molar-refractivity contribution is 0.589. The van der Waals surface area contributed by atoms with E-state index in [0.717, 1.165) is 13.1 Å². The van der Waals surface area contributed by atoms with Gasteiger partial charge in [0, 0.05) is 29.2 Å². The Kier molecular flexibility index (Phi) is 4.48. The van der Waals surface area contributed by atoms with Crippen LogP contribution in [0.1, 0.15) is 24.3 Å². The van der Waals surface area contributed by atoms with Crippen LogP contribution in [0.5, 0.6) is 0 Å². The van der Waals surface area contributed by atoms with Gasteiger partial charge < -0.3 is 9.88 Å². The van der Waals surface area contributed by atoms with E-state index in [2.05, 4.69) is 82.3 Å². The summed E-state index contributed by atoms with van der Waals surface area (Å²) in [6, 6.07) is 13.8. The first-order chi connectivity index (χ1) is 10.1. The Morgan fingerprint density at radius 3 is 2.76 bits per heavy atom. The van der Waals surface area contributed by atoms with E-state index in [0.29, 0.717) is 6.04 Å². The summed E-state index contributed by atoms with van der Waals surface area (Å²) >= 11 is 5.32. The van der Waals surface area contributed by atoms with Crippen molar-refractivity contribution >= 4 is 38.2 Å². The average Bonchev–Trinajstić information content (AvgIpc) is 3.04. The van der Waals surface area contributed by atoms with Crippen molar-refractivity contribution in [1.82, 2.24) is 9.88 Å². The van der Waals surface area contributed by atoms with E-state index in [1.165, 1.54) is 25.1 Å². The van der Waals surface area contributed by atoms with Gasteiger partial charge in [0.25, 0.3) is 0 Å². The molecule has 21 heavy (non-hydrogen) atoms. The molecule has 1 N–H and O–H groups in total. The smallest absolute Gasteiger partial charge is 0.0702 e. The summed E-state index contributed by atoms with van der Waals surface area (Å²) in [6.45, 7) is 6.21. The maximum absolute atomic E-state index is 3.53. The van der Waals surface area contributed by atoms with Crippen LogP contribution in [-0.2, 0) is 13.1 Å². The maximum Gasteiger partial charge on any atom is 0.0702 e. The SMILES string of the molecule is CC(C)NCc1ccc2c(ccn2Cc2ccc(Br)s2)c1. The van der Waals surface area contributed by atoms with Gasteiger partial charge in [0.1, 0.15) is 0 Å². The molecule has 110 valence electrons. The van der Waals surface area contributed by atoms with Gasteiger partial charge >= 0.3 is 0 Å². The molecule has 0 aliphatic heterocycles. The number of halogens is 1. The zero-order valence-corrected chi connectivity index (χ0v) is 14.7. The lowest BCUT2D eigenvalue weighted by atomic mass is 10.1. The fraction of sp³-hybridized carbons (Fsp3) is 0.294. The van der Waals surface area contributed by atoms with Crippen LogP contribution in [-0.4, -0.2) is 10.6 Å². The van der Waals surface area contributed by atoms with E-state index in [9.17, 15) is 0 Å². The summed E-state index contributed by atoms with van der Waals surface area (Å²) < 4.78 is 3.50. The van der Waals surface area contributed by atoms with Gasteiger partial charge in [-0.25, -0.2) is 0 Å². The number of hydrogen-bond acceptors (Lipinski definition) is 2. The first-order valence-electron chi connectivity index (χ1n) is 7.17. The fourth-order valence-electron chi connectivity index (χ4n) is 2.42. The molecule has 0 saturated carbocycles. The Balaban J connectivity index is 1.82. The number of fused-ring (bicyclic) bond motifs is 1. The molecule has 0 fully saturated rings. The Bertz CT molecular complexity index is 742. The van der Waals surface area contributed by atoms with Crippen molar-refractivity contribution in [2.75, 3.05) is 0 Å². The first kappa shape index (κ1) is 14.8. The van der Waals surface area contributed by atoms with E-state index in [4.69, 9.17) is 0 Å². The highest BCUT2D eigenvalue weighted by molar-refractivity contribution is 9.11. The second-order valence-corrected chi connectivity index (χ2v) is 8.13. The number of benzene rings is 1. The van der Waals surface area contributed by atoms with Crippen LogP contribution in [0.2, 0.25) is 0 Å². The minimum Gasteiger partial charge on any atom is -0.342 e. The van der Waals surface area contributed by atoms with Crippen LogP contribution < -0.4 is 5.32 Å². The standard InChI is InChI=1S/C17H19BrN2S/c1-12(2)19-10-13-3-5-16-14(9-13)7-8-20(16)11-15-4-6-17(18)21-15/h3-9,12,19H,10-11H2,1-2H3. The van der Waals surface area contributed by atoms with Crippen molar-refractivity contribution in [2.24, 2.45) is 0 Å². The number of nitrogens with zero attached hydrogens (tertiary/aromatic N) is 1. The molecule has 0 atom stereocenters. The summed E-state index contributed by atoms with van der Waals surface area (Å²) in [5, 5.41) is 4.78. The van der Waals surface area contributed by atoms with Gasteiger partial charge in [0.05, 0.1) is 10.3 Å². The third-order valence-electron chi connectivity index (χ3n) is 3.50. The monoisotopic (exact) mass is 362 g/mol. The Hall–Kier alpha value is -1.10. The molecule has 3 aromatic rings. The Morgan fingerprint density at radius 2 is 2.05 bits per heavy atom. The number of rotatable bonds is 5. The zero-order chi connectivity index (χ0) is 14.8. The van der Waals surface area contributed by atoms with E-state index < -0.39 is 0 Å². The van der Waals surface area contributed by atoms with Crippen molar-refractivity contribution in [3.05, 3.63) is 56.8 Å². The largest absolute Gasteiger partial charge is 0.342 e. The molecule has 0 saturated heterocycles. The second-order valence-electron chi connectivity index (χ2n) is 5.58. The molecule has 2 aromatic heterocycles. The molecular formula is C17H19BrN2S. The molecule has 1 aromatic carbocycles. The van der Waals surface area contributed by atoms with Crippen LogP contribution in [0.15, 0.2) is 46.4 Å².